The smallest absolute Gasteiger partial charge is 0.232 e. The Morgan fingerprint density at radius 1 is 0.962 bits per heavy atom. The van der Waals surface area contributed by atoms with E-state index in [1.807, 2.05) is 36.4 Å². The number of para-hydroxylation sites is 1. The average Bonchev–Trinajstić information content (AvgIpc) is 2.67. The molecule has 0 saturated heterocycles. The first kappa shape index (κ1) is 16.6. The van der Waals surface area contributed by atoms with Crippen molar-refractivity contribution in [1.82, 2.24) is 15.0 Å². The Morgan fingerprint density at radius 2 is 1.69 bits per heavy atom. The largest absolute Gasteiger partial charge is 0.368 e. The first-order valence-corrected chi connectivity index (χ1v) is 7.64. The molecule has 0 aliphatic heterocycles. The minimum Gasteiger partial charge on any atom is -0.368 e. The van der Waals surface area contributed by atoms with Crippen molar-refractivity contribution >= 4 is 29.2 Å². The molecule has 0 fully saturated rings. The monoisotopic (exact) mass is 339 g/mol. The molecule has 0 aliphatic rings. The Bertz CT molecular complexity index is 1030. The van der Waals surface area contributed by atoms with E-state index in [0.29, 0.717) is 5.56 Å². The molecule has 0 atom stereocenters. The topological polar surface area (TPSA) is 124 Å². The maximum atomic E-state index is 9.48. The Kier molecular flexibility index (Phi) is 4.83. The molecule has 124 valence electrons. The van der Waals surface area contributed by atoms with Crippen molar-refractivity contribution in [2.24, 2.45) is 0 Å². The summed E-state index contributed by atoms with van der Waals surface area (Å²) in [6, 6.07) is 20.3. The third-order valence-electron chi connectivity index (χ3n) is 3.39. The minimum atomic E-state index is 0.00871. The van der Waals surface area contributed by atoms with Gasteiger partial charge >= 0.3 is 0 Å². The van der Waals surface area contributed by atoms with Gasteiger partial charge in [-0.3, -0.25) is 0 Å². The van der Waals surface area contributed by atoms with Gasteiger partial charge in [-0.25, -0.2) is 0 Å². The van der Waals surface area contributed by atoms with Crippen molar-refractivity contribution < 1.29 is 0 Å². The second kappa shape index (κ2) is 7.56. The Balaban J connectivity index is 1.94. The number of nitrogen functional groups attached to an aromatic ring is 1. The van der Waals surface area contributed by atoms with Crippen LogP contribution in [0, 0.1) is 22.7 Å². The van der Waals surface area contributed by atoms with Crippen LogP contribution in [0.25, 0.3) is 11.6 Å². The Labute approximate surface area is 150 Å². The molecule has 26 heavy (non-hydrogen) atoms. The van der Waals surface area contributed by atoms with Gasteiger partial charge in [-0.15, -0.1) is 0 Å². The van der Waals surface area contributed by atoms with Crippen LogP contribution < -0.4 is 11.1 Å². The number of aromatic nitrogens is 3. The van der Waals surface area contributed by atoms with Crippen LogP contribution in [0.3, 0.4) is 0 Å². The molecular formula is C19H13N7. The number of hydrogen-bond acceptors (Lipinski definition) is 7. The number of nitrogens with one attached hydrogen (secondary N) is 1. The first-order valence-electron chi connectivity index (χ1n) is 7.64. The zero-order chi connectivity index (χ0) is 18.4. The van der Waals surface area contributed by atoms with E-state index < -0.39 is 0 Å². The second-order valence-corrected chi connectivity index (χ2v) is 5.24. The van der Waals surface area contributed by atoms with E-state index in [1.54, 1.807) is 30.3 Å². The Morgan fingerprint density at radius 3 is 2.35 bits per heavy atom. The highest BCUT2D eigenvalue weighted by Crippen LogP contribution is 2.18. The van der Waals surface area contributed by atoms with Gasteiger partial charge in [0.05, 0.1) is 17.2 Å². The van der Waals surface area contributed by atoms with Crippen LogP contribution in [-0.2, 0) is 0 Å². The van der Waals surface area contributed by atoms with Gasteiger partial charge < -0.3 is 11.1 Å². The van der Waals surface area contributed by atoms with Gasteiger partial charge in [0, 0.05) is 5.69 Å². The van der Waals surface area contributed by atoms with Crippen LogP contribution in [0.15, 0.2) is 54.6 Å². The molecule has 0 spiro atoms. The van der Waals surface area contributed by atoms with Crippen molar-refractivity contribution in [3.8, 4) is 12.1 Å². The van der Waals surface area contributed by atoms with Crippen LogP contribution in [0.2, 0.25) is 0 Å². The summed E-state index contributed by atoms with van der Waals surface area (Å²) in [5.41, 5.74) is 8.08. The molecule has 0 amide bonds. The maximum absolute atomic E-state index is 9.48. The van der Waals surface area contributed by atoms with E-state index in [2.05, 4.69) is 26.3 Å². The fourth-order valence-electron chi connectivity index (χ4n) is 2.19. The summed E-state index contributed by atoms with van der Waals surface area (Å²) in [5, 5.41) is 21.4. The van der Waals surface area contributed by atoms with Crippen LogP contribution in [0.4, 0.5) is 17.6 Å². The first-order chi connectivity index (χ1) is 12.7. The van der Waals surface area contributed by atoms with Crippen LogP contribution in [-0.4, -0.2) is 15.0 Å². The van der Waals surface area contributed by atoms with Crippen LogP contribution in [0.5, 0.6) is 0 Å². The standard InChI is InChI=1S/C19H13N7/c20-11-14-8-6-13(7-9-14)10-15(12-21)17-24-18(22)26-19(25-17)23-16-4-2-1-3-5-16/h1-10H,(H3,22,23,24,25,26)/b15-10+. The zero-order valence-corrected chi connectivity index (χ0v) is 13.6. The second-order valence-electron chi connectivity index (χ2n) is 5.24. The molecule has 0 saturated carbocycles. The highest BCUT2D eigenvalue weighted by molar-refractivity contribution is 5.87. The SMILES string of the molecule is N#C/C(=C\c1ccc(C#N)cc1)c1nc(N)nc(Nc2ccccc2)n1. The normalized spacial score (nSPS) is 10.6. The van der Waals surface area contributed by atoms with E-state index >= 15 is 0 Å². The van der Waals surface area contributed by atoms with Gasteiger partial charge in [0.25, 0.3) is 0 Å². The van der Waals surface area contributed by atoms with E-state index in [4.69, 9.17) is 11.0 Å². The summed E-state index contributed by atoms with van der Waals surface area (Å²) in [5.74, 6) is 0.428. The average molecular weight is 339 g/mol. The van der Waals surface area contributed by atoms with E-state index in [9.17, 15) is 5.26 Å². The lowest BCUT2D eigenvalue weighted by Gasteiger charge is -2.07. The number of nitriles is 2. The third kappa shape index (κ3) is 3.99. The molecule has 2 aromatic carbocycles. The molecule has 0 unspecified atom stereocenters. The van der Waals surface area contributed by atoms with Gasteiger partial charge in [0.1, 0.15) is 6.07 Å². The highest BCUT2D eigenvalue weighted by Gasteiger charge is 2.10. The number of nitrogens with two attached hydrogens (primary N) is 1. The molecule has 3 N–H and O–H groups in total. The van der Waals surface area contributed by atoms with Gasteiger partial charge in [-0.2, -0.15) is 25.5 Å². The van der Waals surface area contributed by atoms with Crippen LogP contribution >= 0.6 is 0 Å². The molecule has 7 nitrogen and oxygen atoms in total. The summed E-state index contributed by atoms with van der Waals surface area (Å²) < 4.78 is 0. The van der Waals surface area contributed by atoms with Gasteiger partial charge in [-0.1, -0.05) is 30.3 Å². The predicted octanol–water partition coefficient (Wildman–Crippen LogP) is 3.13. The van der Waals surface area contributed by atoms with E-state index in [0.717, 1.165) is 11.3 Å². The summed E-state index contributed by atoms with van der Waals surface area (Å²) >= 11 is 0. The summed E-state index contributed by atoms with van der Waals surface area (Å²) in [7, 11) is 0. The quantitative estimate of drug-likeness (QED) is 0.699. The van der Waals surface area contributed by atoms with E-state index in [-0.39, 0.29) is 23.3 Å². The fraction of sp³-hybridized carbons (Fsp3) is 0. The molecule has 1 heterocycles. The number of rotatable bonds is 4. The minimum absolute atomic E-state index is 0.00871. The van der Waals surface area contributed by atoms with Gasteiger partial charge in [-0.05, 0) is 35.9 Å². The molecular weight excluding hydrogens is 326 g/mol. The molecule has 1 aromatic heterocycles. The lowest BCUT2D eigenvalue weighted by Crippen LogP contribution is -2.06. The summed E-state index contributed by atoms with van der Waals surface area (Å²) in [6.45, 7) is 0. The highest BCUT2D eigenvalue weighted by atomic mass is 15.2. The maximum Gasteiger partial charge on any atom is 0.232 e. The van der Waals surface area contributed by atoms with Gasteiger partial charge in [0.2, 0.25) is 11.9 Å². The number of hydrogen-bond donors (Lipinski definition) is 2. The van der Waals surface area contributed by atoms with E-state index in [1.165, 1.54) is 0 Å². The predicted molar refractivity (Wildman–Crippen MR) is 98.6 cm³/mol. The van der Waals surface area contributed by atoms with Crippen molar-refractivity contribution in [1.29, 1.82) is 10.5 Å². The molecule has 0 radical (unpaired) electrons. The lowest BCUT2D eigenvalue weighted by molar-refractivity contribution is 1.04. The van der Waals surface area contributed by atoms with Crippen molar-refractivity contribution in [3.63, 3.8) is 0 Å². The third-order valence-corrected chi connectivity index (χ3v) is 3.39. The lowest BCUT2D eigenvalue weighted by atomic mass is 10.1. The molecule has 3 rings (SSSR count). The molecule has 0 aliphatic carbocycles. The molecule has 7 heteroatoms. The number of anilines is 3. The van der Waals surface area contributed by atoms with Crippen molar-refractivity contribution in [2.45, 2.75) is 0 Å². The number of nitrogens with zero attached hydrogens (tertiary/aromatic N) is 5. The molecule has 3 aromatic rings. The van der Waals surface area contributed by atoms with Crippen molar-refractivity contribution in [3.05, 3.63) is 71.5 Å². The van der Waals surface area contributed by atoms with Crippen molar-refractivity contribution in [2.75, 3.05) is 11.1 Å². The van der Waals surface area contributed by atoms with Crippen LogP contribution in [0.1, 0.15) is 17.0 Å². The Hall–Kier alpha value is -4.23. The number of benzene rings is 2. The summed E-state index contributed by atoms with van der Waals surface area (Å²) in [4.78, 5) is 12.4. The zero-order valence-electron chi connectivity index (χ0n) is 13.6. The number of allylic oxidation sites excluding steroid dienone is 1. The van der Waals surface area contributed by atoms with Gasteiger partial charge in [0.15, 0.2) is 5.82 Å². The summed E-state index contributed by atoms with van der Waals surface area (Å²) in [6.07, 6.45) is 1.63. The fourth-order valence-corrected chi connectivity index (χ4v) is 2.19. The molecule has 0 bridgehead atoms.